The number of aromatic nitrogens is 2. The molecule has 5 heteroatoms. The molecule has 0 fully saturated rings. The van der Waals surface area contributed by atoms with Gasteiger partial charge in [-0.1, -0.05) is 12.1 Å². The highest BCUT2D eigenvalue weighted by molar-refractivity contribution is 8.55. The second-order valence-corrected chi connectivity index (χ2v) is 12.3. The second-order valence-electron chi connectivity index (χ2n) is 3.50. The van der Waals surface area contributed by atoms with E-state index in [1.54, 1.807) is 6.20 Å². The molecule has 2 nitrogen and oxygen atoms in total. The molecular formula is C12H14N2S2Si. The summed E-state index contributed by atoms with van der Waals surface area (Å²) in [6.45, 7) is 0. The van der Waals surface area contributed by atoms with Crippen molar-refractivity contribution in [2.45, 2.75) is 0 Å². The molecule has 0 bridgehead atoms. The van der Waals surface area contributed by atoms with Gasteiger partial charge in [0.25, 0.3) is 0 Å². The Kier molecular flexibility index (Phi) is 4.64. The van der Waals surface area contributed by atoms with Crippen LogP contribution in [0.1, 0.15) is 0 Å². The molecule has 2 rings (SSSR count). The molecule has 0 aliphatic rings. The van der Waals surface area contributed by atoms with Crippen molar-refractivity contribution < 1.29 is 0 Å². The van der Waals surface area contributed by atoms with Gasteiger partial charge in [0.05, 0.1) is 11.4 Å². The number of pyridine rings is 2. The first-order chi connectivity index (χ1) is 8.35. The molecule has 0 aliphatic heterocycles. The maximum absolute atomic E-state index is 4.51. The molecule has 0 saturated carbocycles. The third-order valence-corrected chi connectivity index (χ3v) is 11.8. The second kappa shape index (κ2) is 6.23. The van der Waals surface area contributed by atoms with Gasteiger partial charge >= 0.3 is 0 Å². The molecule has 2 aromatic rings. The van der Waals surface area contributed by atoms with Crippen LogP contribution in [0.5, 0.6) is 0 Å². The van der Waals surface area contributed by atoms with Crippen LogP contribution in [0.15, 0.2) is 42.7 Å². The monoisotopic (exact) mass is 278 g/mol. The molecule has 0 radical (unpaired) electrons. The van der Waals surface area contributed by atoms with E-state index in [0.717, 1.165) is 11.4 Å². The first kappa shape index (κ1) is 12.7. The summed E-state index contributed by atoms with van der Waals surface area (Å²) in [5, 5.41) is 1.39. The Hall–Kier alpha value is -0.783. The molecule has 17 heavy (non-hydrogen) atoms. The van der Waals surface area contributed by atoms with Gasteiger partial charge in [-0.25, -0.2) is 0 Å². The van der Waals surface area contributed by atoms with Crippen LogP contribution in [0, 0.1) is 0 Å². The van der Waals surface area contributed by atoms with E-state index in [-0.39, 0.29) is 0 Å². The van der Waals surface area contributed by atoms with E-state index >= 15 is 0 Å². The van der Waals surface area contributed by atoms with E-state index in [1.807, 2.05) is 46.8 Å². The van der Waals surface area contributed by atoms with Crippen molar-refractivity contribution in [3.63, 3.8) is 0 Å². The van der Waals surface area contributed by atoms with Crippen LogP contribution >= 0.6 is 22.4 Å². The van der Waals surface area contributed by atoms with Gasteiger partial charge in [-0.3, -0.25) is 9.97 Å². The van der Waals surface area contributed by atoms with Crippen LogP contribution in [-0.4, -0.2) is 29.6 Å². The van der Waals surface area contributed by atoms with Crippen LogP contribution in [-0.2, 0) is 0 Å². The minimum Gasteiger partial charge on any atom is -0.255 e. The predicted octanol–water partition coefficient (Wildman–Crippen LogP) is 2.30. The molecule has 0 unspecified atom stereocenters. The number of rotatable bonds is 4. The summed E-state index contributed by atoms with van der Waals surface area (Å²) >= 11 is 3.94. The summed E-state index contributed by atoms with van der Waals surface area (Å²) in [6.07, 6.45) is 8.17. The first-order valence-electron chi connectivity index (χ1n) is 5.28. The van der Waals surface area contributed by atoms with Crippen molar-refractivity contribution in [1.82, 2.24) is 9.97 Å². The fraction of sp³-hybridized carbons (Fsp3) is 0.167. The molecule has 0 aromatic carbocycles. The lowest BCUT2D eigenvalue weighted by atomic mass is 10.2. The third kappa shape index (κ3) is 3.11. The molecule has 0 amide bonds. The largest absolute Gasteiger partial charge is 0.255 e. The highest BCUT2D eigenvalue weighted by atomic mass is 32.6. The lowest BCUT2D eigenvalue weighted by Crippen LogP contribution is -2.23. The Balaban J connectivity index is 2.24. The standard InChI is InChI=1S/C12H14N2S2Si/c1-15-17(16-2)10-6-7-12(14-9-10)11-5-3-4-8-13-11/h3-9,17H,1-2H3. The average Bonchev–Trinajstić information content (AvgIpc) is 2.42. The van der Waals surface area contributed by atoms with Gasteiger partial charge in [0, 0.05) is 12.4 Å². The first-order valence-corrected chi connectivity index (χ1v) is 11.3. The summed E-state index contributed by atoms with van der Waals surface area (Å²) < 4.78 is 0. The molecule has 88 valence electrons. The summed E-state index contributed by atoms with van der Waals surface area (Å²) in [4.78, 5) is 8.81. The van der Waals surface area contributed by atoms with Gasteiger partial charge in [-0.05, 0) is 35.9 Å². The van der Waals surface area contributed by atoms with Crippen molar-refractivity contribution in [3.8, 4) is 11.4 Å². The third-order valence-electron chi connectivity index (χ3n) is 2.41. The number of nitrogens with zero attached hydrogens (tertiary/aromatic N) is 2. The van der Waals surface area contributed by atoms with E-state index < -0.39 is 7.10 Å². The zero-order valence-electron chi connectivity index (χ0n) is 9.83. The van der Waals surface area contributed by atoms with Crippen molar-refractivity contribution in [3.05, 3.63) is 42.7 Å². The Morgan fingerprint density at radius 1 is 0.941 bits per heavy atom. The van der Waals surface area contributed by atoms with E-state index in [4.69, 9.17) is 0 Å². The Morgan fingerprint density at radius 3 is 2.24 bits per heavy atom. The van der Waals surface area contributed by atoms with E-state index in [0.29, 0.717) is 0 Å². The maximum Gasteiger partial charge on any atom is 0.192 e. The zero-order valence-corrected chi connectivity index (χ0v) is 12.6. The van der Waals surface area contributed by atoms with Crippen LogP contribution in [0.2, 0.25) is 0 Å². The Morgan fingerprint density at radius 2 is 1.71 bits per heavy atom. The van der Waals surface area contributed by atoms with Crippen molar-refractivity contribution in [2.24, 2.45) is 0 Å². The molecular weight excluding hydrogens is 264 g/mol. The highest BCUT2D eigenvalue weighted by Gasteiger charge is 2.11. The lowest BCUT2D eigenvalue weighted by molar-refractivity contribution is 1.25. The topological polar surface area (TPSA) is 25.8 Å². The highest BCUT2D eigenvalue weighted by Crippen LogP contribution is 2.16. The van der Waals surface area contributed by atoms with Gasteiger partial charge < -0.3 is 0 Å². The average molecular weight is 278 g/mol. The van der Waals surface area contributed by atoms with Crippen LogP contribution in [0.25, 0.3) is 11.4 Å². The molecule has 2 aromatic heterocycles. The smallest absolute Gasteiger partial charge is 0.192 e. The molecule has 0 atom stereocenters. The molecule has 0 spiro atoms. The number of hydrogen-bond acceptors (Lipinski definition) is 4. The van der Waals surface area contributed by atoms with Crippen LogP contribution in [0.3, 0.4) is 0 Å². The predicted molar refractivity (Wildman–Crippen MR) is 81.3 cm³/mol. The number of hydrogen-bond donors (Lipinski definition) is 0. The van der Waals surface area contributed by atoms with Crippen molar-refractivity contribution >= 4 is 34.7 Å². The van der Waals surface area contributed by atoms with Crippen molar-refractivity contribution in [1.29, 1.82) is 0 Å². The molecule has 0 N–H and O–H groups in total. The lowest BCUT2D eigenvalue weighted by Gasteiger charge is -2.09. The van der Waals surface area contributed by atoms with Gasteiger partial charge in [-0.2, -0.15) is 22.4 Å². The van der Waals surface area contributed by atoms with E-state index in [2.05, 4.69) is 34.6 Å². The minimum atomic E-state index is -0.915. The quantitative estimate of drug-likeness (QED) is 0.802. The van der Waals surface area contributed by atoms with Gasteiger partial charge in [-0.15, -0.1) is 0 Å². The van der Waals surface area contributed by atoms with E-state index in [9.17, 15) is 0 Å². The van der Waals surface area contributed by atoms with E-state index in [1.165, 1.54) is 5.19 Å². The summed E-state index contributed by atoms with van der Waals surface area (Å²) in [5.74, 6) is 0. The van der Waals surface area contributed by atoms with Gasteiger partial charge in [0.15, 0.2) is 7.10 Å². The zero-order chi connectivity index (χ0) is 12.1. The van der Waals surface area contributed by atoms with Gasteiger partial charge in [0.2, 0.25) is 0 Å². The molecule has 0 aliphatic carbocycles. The summed E-state index contributed by atoms with van der Waals surface area (Å²) in [7, 11) is -0.915. The SMILES string of the molecule is CS[SiH](SC)c1ccc(-c2ccccn2)nc1. The maximum atomic E-state index is 4.51. The summed E-state index contributed by atoms with van der Waals surface area (Å²) in [5.41, 5.74) is 1.88. The molecule has 0 saturated heterocycles. The fourth-order valence-electron chi connectivity index (χ4n) is 1.58. The normalized spacial score (nSPS) is 10.8. The summed E-state index contributed by atoms with van der Waals surface area (Å²) in [6, 6.07) is 10.2. The fourth-order valence-corrected chi connectivity index (χ4v) is 7.54. The van der Waals surface area contributed by atoms with Crippen molar-refractivity contribution in [2.75, 3.05) is 12.5 Å². The molecule has 2 heterocycles. The van der Waals surface area contributed by atoms with Gasteiger partial charge in [0.1, 0.15) is 0 Å². The van der Waals surface area contributed by atoms with Crippen LogP contribution in [0.4, 0.5) is 0 Å². The Labute approximate surface area is 111 Å². The Bertz CT molecular complexity index is 458. The minimum absolute atomic E-state index is 0.915. The van der Waals surface area contributed by atoms with Crippen LogP contribution < -0.4 is 5.19 Å².